The quantitative estimate of drug-likeness (QED) is 0.832. The Morgan fingerprint density at radius 3 is 2.78 bits per heavy atom. The highest BCUT2D eigenvalue weighted by Gasteiger charge is 2.11. The van der Waals surface area contributed by atoms with Gasteiger partial charge in [0.15, 0.2) is 0 Å². The lowest BCUT2D eigenvalue weighted by atomic mass is 9.96. The third kappa shape index (κ3) is 4.25. The van der Waals surface area contributed by atoms with Gasteiger partial charge in [-0.25, -0.2) is 4.39 Å². The van der Waals surface area contributed by atoms with E-state index in [-0.39, 0.29) is 5.82 Å². The third-order valence-corrected chi connectivity index (χ3v) is 3.94. The molecule has 0 unspecified atom stereocenters. The molecule has 0 aliphatic heterocycles. The van der Waals surface area contributed by atoms with E-state index in [1.54, 1.807) is 12.1 Å². The van der Waals surface area contributed by atoms with E-state index in [9.17, 15) is 4.39 Å². The van der Waals surface area contributed by atoms with Crippen LogP contribution in [0.1, 0.15) is 32.1 Å². The summed E-state index contributed by atoms with van der Waals surface area (Å²) < 4.78 is 19.2. The van der Waals surface area contributed by atoms with Gasteiger partial charge in [0.2, 0.25) is 0 Å². The normalized spacial score (nSPS) is 16.8. The monoisotopic (exact) mass is 315 g/mol. The summed E-state index contributed by atoms with van der Waals surface area (Å²) >= 11 is 3.12. The smallest absolute Gasteiger partial charge is 0.141 e. The lowest BCUT2D eigenvalue weighted by molar-refractivity contribution is 0.288. The molecule has 100 valence electrons. The molecule has 1 aliphatic rings. The maximum absolute atomic E-state index is 13.2. The first-order valence-electron chi connectivity index (χ1n) is 6.57. The Labute approximate surface area is 116 Å². The van der Waals surface area contributed by atoms with Crippen LogP contribution < -0.4 is 10.1 Å². The molecule has 1 aromatic rings. The van der Waals surface area contributed by atoms with Gasteiger partial charge in [0.05, 0.1) is 4.47 Å². The maximum atomic E-state index is 13.2. The van der Waals surface area contributed by atoms with Crippen molar-refractivity contribution in [1.29, 1.82) is 0 Å². The van der Waals surface area contributed by atoms with Crippen molar-refractivity contribution in [3.05, 3.63) is 28.5 Å². The van der Waals surface area contributed by atoms with E-state index in [0.717, 1.165) is 6.54 Å². The number of halogens is 2. The molecule has 0 spiro atoms. The van der Waals surface area contributed by atoms with Crippen LogP contribution in [-0.4, -0.2) is 19.2 Å². The fourth-order valence-electron chi connectivity index (χ4n) is 2.31. The molecule has 2 nitrogen and oxygen atoms in total. The summed E-state index contributed by atoms with van der Waals surface area (Å²) in [4.78, 5) is 0. The van der Waals surface area contributed by atoms with Gasteiger partial charge >= 0.3 is 0 Å². The molecule has 0 atom stereocenters. The van der Waals surface area contributed by atoms with E-state index in [2.05, 4.69) is 21.2 Å². The second-order valence-corrected chi connectivity index (χ2v) is 5.57. The van der Waals surface area contributed by atoms with E-state index in [0.29, 0.717) is 22.9 Å². The minimum Gasteiger partial charge on any atom is -0.492 e. The van der Waals surface area contributed by atoms with Crippen LogP contribution >= 0.6 is 15.9 Å². The molecular formula is C14H19BrFNO. The molecule has 0 saturated heterocycles. The Bertz CT molecular complexity index is 380. The largest absolute Gasteiger partial charge is 0.492 e. The van der Waals surface area contributed by atoms with Crippen LogP contribution in [0.3, 0.4) is 0 Å². The highest BCUT2D eigenvalue weighted by Crippen LogP contribution is 2.21. The van der Waals surface area contributed by atoms with Crippen LogP contribution in [0.15, 0.2) is 22.7 Å². The summed E-state index contributed by atoms with van der Waals surface area (Å²) in [5.41, 5.74) is 0. The molecular weight excluding hydrogens is 297 g/mol. The van der Waals surface area contributed by atoms with E-state index >= 15 is 0 Å². The first-order chi connectivity index (χ1) is 8.75. The zero-order chi connectivity index (χ0) is 12.8. The van der Waals surface area contributed by atoms with Crippen molar-refractivity contribution in [1.82, 2.24) is 5.32 Å². The number of rotatable bonds is 5. The van der Waals surface area contributed by atoms with Crippen molar-refractivity contribution in [2.24, 2.45) is 0 Å². The zero-order valence-electron chi connectivity index (χ0n) is 10.4. The van der Waals surface area contributed by atoms with Gasteiger partial charge in [0, 0.05) is 18.7 Å². The first-order valence-corrected chi connectivity index (χ1v) is 7.36. The molecule has 0 aromatic heterocycles. The summed E-state index contributed by atoms with van der Waals surface area (Å²) in [6.07, 6.45) is 6.57. The van der Waals surface area contributed by atoms with Crippen LogP contribution in [0.25, 0.3) is 0 Å². The summed E-state index contributed by atoms with van der Waals surface area (Å²) in [7, 11) is 0. The zero-order valence-corrected chi connectivity index (χ0v) is 12.0. The van der Waals surface area contributed by atoms with E-state index in [1.807, 2.05) is 0 Å². The average molecular weight is 316 g/mol. The summed E-state index contributed by atoms with van der Waals surface area (Å²) in [5.74, 6) is 0.300. The highest BCUT2D eigenvalue weighted by atomic mass is 79.9. The number of benzene rings is 1. The van der Waals surface area contributed by atoms with E-state index in [4.69, 9.17) is 4.74 Å². The standard InChI is InChI=1S/C14H19BrFNO/c15-13-7-6-12(10-14(13)16)18-9-8-17-11-4-2-1-3-5-11/h6-7,10-11,17H,1-5,8-9H2. The Kier molecular flexibility index (Phi) is 5.45. The first kappa shape index (κ1) is 13.8. The Morgan fingerprint density at radius 1 is 1.28 bits per heavy atom. The molecule has 1 saturated carbocycles. The Morgan fingerprint density at radius 2 is 2.06 bits per heavy atom. The summed E-state index contributed by atoms with van der Waals surface area (Å²) in [5, 5.41) is 3.49. The third-order valence-electron chi connectivity index (χ3n) is 3.30. The molecule has 0 bridgehead atoms. The lowest BCUT2D eigenvalue weighted by Gasteiger charge is -2.22. The molecule has 2 rings (SSSR count). The predicted octanol–water partition coefficient (Wildman–Crippen LogP) is 3.89. The molecule has 1 N–H and O–H groups in total. The minimum atomic E-state index is -0.285. The number of hydrogen-bond acceptors (Lipinski definition) is 2. The Hall–Kier alpha value is -0.610. The van der Waals surface area contributed by atoms with Crippen LogP contribution in [-0.2, 0) is 0 Å². The molecule has 0 radical (unpaired) electrons. The second-order valence-electron chi connectivity index (χ2n) is 4.71. The Balaban J connectivity index is 1.66. The second kappa shape index (κ2) is 7.10. The van der Waals surface area contributed by atoms with E-state index < -0.39 is 0 Å². The molecule has 1 fully saturated rings. The maximum Gasteiger partial charge on any atom is 0.141 e. The number of ether oxygens (including phenoxy) is 1. The van der Waals surface area contributed by atoms with Gasteiger partial charge < -0.3 is 10.1 Å². The highest BCUT2D eigenvalue weighted by molar-refractivity contribution is 9.10. The van der Waals surface area contributed by atoms with E-state index in [1.165, 1.54) is 38.2 Å². The van der Waals surface area contributed by atoms with Gasteiger partial charge in [-0.05, 0) is 40.9 Å². The van der Waals surface area contributed by atoms with Gasteiger partial charge in [-0.3, -0.25) is 0 Å². The topological polar surface area (TPSA) is 21.3 Å². The molecule has 18 heavy (non-hydrogen) atoms. The van der Waals surface area contributed by atoms with Crippen molar-refractivity contribution in [3.8, 4) is 5.75 Å². The van der Waals surface area contributed by atoms with Crippen molar-refractivity contribution >= 4 is 15.9 Å². The fraction of sp³-hybridized carbons (Fsp3) is 0.571. The lowest BCUT2D eigenvalue weighted by Crippen LogP contribution is -2.34. The van der Waals surface area contributed by atoms with Crippen molar-refractivity contribution in [2.45, 2.75) is 38.1 Å². The average Bonchev–Trinajstić information content (AvgIpc) is 2.40. The molecule has 1 aliphatic carbocycles. The van der Waals surface area contributed by atoms with Crippen molar-refractivity contribution < 1.29 is 9.13 Å². The predicted molar refractivity (Wildman–Crippen MR) is 74.5 cm³/mol. The van der Waals surface area contributed by atoms with Crippen LogP contribution in [0.2, 0.25) is 0 Å². The van der Waals surface area contributed by atoms with Gasteiger partial charge in [-0.2, -0.15) is 0 Å². The molecule has 1 aromatic carbocycles. The van der Waals surface area contributed by atoms with Crippen molar-refractivity contribution in [2.75, 3.05) is 13.2 Å². The SMILES string of the molecule is Fc1cc(OCCNC2CCCCC2)ccc1Br. The van der Waals surface area contributed by atoms with Crippen LogP contribution in [0.5, 0.6) is 5.75 Å². The van der Waals surface area contributed by atoms with Crippen LogP contribution in [0, 0.1) is 5.82 Å². The number of nitrogens with one attached hydrogen (secondary N) is 1. The minimum absolute atomic E-state index is 0.285. The molecule has 0 amide bonds. The molecule has 0 heterocycles. The fourth-order valence-corrected chi connectivity index (χ4v) is 2.55. The van der Waals surface area contributed by atoms with Gasteiger partial charge in [0.25, 0.3) is 0 Å². The number of hydrogen-bond donors (Lipinski definition) is 1. The van der Waals surface area contributed by atoms with Gasteiger partial charge in [-0.1, -0.05) is 19.3 Å². The molecule has 4 heteroatoms. The van der Waals surface area contributed by atoms with Gasteiger partial charge in [0.1, 0.15) is 18.2 Å². The van der Waals surface area contributed by atoms with Gasteiger partial charge in [-0.15, -0.1) is 0 Å². The van der Waals surface area contributed by atoms with Crippen LogP contribution in [0.4, 0.5) is 4.39 Å². The van der Waals surface area contributed by atoms with Crippen molar-refractivity contribution in [3.63, 3.8) is 0 Å². The summed E-state index contributed by atoms with van der Waals surface area (Å²) in [6.45, 7) is 1.40. The summed E-state index contributed by atoms with van der Waals surface area (Å²) in [6, 6.07) is 5.49.